The monoisotopic (exact) mass is 409 g/mol. The Bertz CT molecular complexity index is 1080. The van der Waals surface area contributed by atoms with Gasteiger partial charge in [0.15, 0.2) is 0 Å². The lowest BCUT2D eigenvalue weighted by Crippen LogP contribution is -2.47. The second-order valence-corrected chi connectivity index (χ2v) is 7.98. The van der Waals surface area contributed by atoms with Gasteiger partial charge in [-0.3, -0.25) is 14.2 Å². The summed E-state index contributed by atoms with van der Waals surface area (Å²) in [6.45, 7) is 7.03. The minimum atomic E-state index is -0.117. The van der Waals surface area contributed by atoms with Gasteiger partial charge >= 0.3 is 0 Å². The van der Waals surface area contributed by atoms with Gasteiger partial charge in [0.1, 0.15) is 0 Å². The molecule has 1 aliphatic heterocycles. The molecule has 0 bridgehead atoms. The van der Waals surface area contributed by atoms with Crippen LogP contribution in [0.25, 0.3) is 10.9 Å². The Kier molecular flexibility index (Phi) is 5.43. The first-order valence-electron chi connectivity index (χ1n) is 9.85. The van der Waals surface area contributed by atoms with Gasteiger partial charge in [-0.1, -0.05) is 23.2 Å². The summed E-state index contributed by atoms with van der Waals surface area (Å²) < 4.78 is 1.72. The third-order valence-corrected chi connectivity index (χ3v) is 5.83. The fourth-order valence-electron chi connectivity index (χ4n) is 3.98. The highest BCUT2D eigenvalue weighted by Crippen LogP contribution is 2.29. The molecule has 2 heterocycles. The fraction of sp³-hybridized carbons (Fsp3) is 0.304. The number of benzene rings is 2. The molecule has 0 radical (unpaired) electrons. The molecule has 150 valence electrons. The van der Waals surface area contributed by atoms with Gasteiger partial charge in [0.25, 0.3) is 5.91 Å². The van der Waals surface area contributed by atoms with Crippen LogP contribution in [-0.4, -0.2) is 47.5 Å². The summed E-state index contributed by atoms with van der Waals surface area (Å²) in [6, 6.07) is 12.9. The van der Waals surface area contributed by atoms with Crippen molar-refractivity contribution in [3.63, 3.8) is 0 Å². The molecule has 0 aliphatic carbocycles. The number of rotatable bonds is 3. The van der Waals surface area contributed by atoms with Crippen LogP contribution < -0.4 is 5.32 Å². The number of nitrogens with one attached hydrogen (secondary N) is 1. The van der Waals surface area contributed by atoms with Crippen LogP contribution in [0.2, 0.25) is 5.02 Å². The number of carbonyl (C=O) groups excluding carboxylic acids is 2. The maximum Gasteiger partial charge on any atom is 0.262 e. The molecule has 1 amide bonds. The van der Waals surface area contributed by atoms with E-state index in [1.54, 1.807) is 28.8 Å². The van der Waals surface area contributed by atoms with Gasteiger partial charge in [-0.15, -0.1) is 0 Å². The van der Waals surface area contributed by atoms with E-state index in [1.165, 1.54) is 0 Å². The summed E-state index contributed by atoms with van der Waals surface area (Å²) in [7, 11) is 0. The Morgan fingerprint density at radius 3 is 2.41 bits per heavy atom. The van der Waals surface area contributed by atoms with Crippen molar-refractivity contribution in [2.45, 2.75) is 20.3 Å². The Balaban J connectivity index is 1.77. The molecule has 5 nitrogen and oxygen atoms in total. The molecule has 1 fully saturated rings. The molecule has 2 aromatic carbocycles. The second-order valence-electron chi connectivity index (χ2n) is 7.54. The quantitative estimate of drug-likeness (QED) is 0.719. The van der Waals surface area contributed by atoms with Crippen molar-refractivity contribution in [1.82, 2.24) is 14.8 Å². The van der Waals surface area contributed by atoms with Gasteiger partial charge in [-0.25, -0.2) is 0 Å². The predicted octanol–water partition coefficient (Wildman–Crippen LogP) is 3.57. The Morgan fingerprint density at radius 1 is 1.03 bits per heavy atom. The molecule has 29 heavy (non-hydrogen) atoms. The molecule has 1 aliphatic rings. The minimum absolute atomic E-state index is 0.106. The largest absolute Gasteiger partial charge is 0.340 e. The number of piperazine rings is 1. The van der Waals surface area contributed by atoms with Gasteiger partial charge < -0.3 is 10.2 Å². The Labute approximate surface area is 175 Å². The van der Waals surface area contributed by atoms with E-state index in [1.807, 2.05) is 30.9 Å². The molecule has 3 aromatic rings. The number of halogens is 1. The average Bonchev–Trinajstić information content (AvgIpc) is 2.99. The van der Waals surface area contributed by atoms with Crippen molar-refractivity contribution in [2.24, 2.45) is 0 Å². The van der Waals surface area contributed by atoms with Gasteiger partial charge in [-0.2, -0.15) is 0 Å². The van der Waals surface area contributed by atoms with Crippen LogP contribution in [0.4, 0.5) is 0 Å². The predicted molar refractivity (Wildman–Crippen MR) is 116 cm³/mol. The van der Waals surface area contributed by atoms with Crippen molar-refractivity contribution >= 4 is 34.3 Å². The van der Waals surface area contributed by atoms with Crippen LogP contribution in [0.5, 0.6) is 0 Å². The van der Waals surface area contributed by atoms with E-state index < -0.39 is 0 Å². The highest BCUT2D eigenvalue weighted by Gasteiger charge is 2.24. The summed E-state index contributed by atoms with van der Waals surface area (Å²) in [4.78, 5) is 28.1. The van der Waals surface area contributed by atoms with E-state index in [-0.39, 0.29) is 11.8 Å². The number of amides is 1. The Hall–Kier alpha value is -2.63. The third-order valence-electron chi connectivity index (χ3n) is 5.58. The van der Waals surface area contributed by atoms with E-state index in [4.69, 9.17) is 11.6 Å². The van der Waals surface area contributed by atoms with Crippen LogP contribution in [0, 0.1) is 13.8 Å². The SMILES string of the molecule is Cc1ccc2c(c1)c(CC(=O)N1CCNCC1)c(C)n2C(=O)c1ccc(Cl)cc1. The molecule has 6 heteroatoms. The second kappa shape index (κ2) is 8.01. The molecular formula is C23H24ClN3O2. The smallest absolute Gasteiger partial charge is 0.262 e. The molecular weight excluding hydrogens is 386 g/mol. The van der Waals surface area contributed by atoms with Gasteiger partial charge in [-0.05, 0) is 55.8 Å². The molecule has 0 atom stereocenters. The van der Waals surface area contributed by atoms with Crippen LogP contribution >= 0.6 is 11.6 Å². The van der Waals surface area contributed by atoms with Crippen molar-refractivity contribution < 1.29 is 9.59 Å². The highest BCUT2D eigenvalue weighted by molar-refractivity contribution is 6.30. The maximum absolute atomic E-state index is 13.3. The minimum Gasteiger partial charge on any atom is -0.340 e. The van der Waals surface area contributed by atoms with E-state index in [2.05, 4.69) is 11.4 Å². The number of fused-ring (bicyclic) bond motifs is 1. The lowest BCUT2D eigenvalue weighted by Gasteiger charge is -2.27. The van der Waals surface area contributed by atoms with E-state index >= 15 is 0 Å². The first kappa shape index (κ1) is 19.7. The van der Waals surface area contributed by atoms with Gasteiger partial charge in [0, 0.05) is 47.8 Å². The van der Waals surface area contributed by atoms with Gasteiger partial charge in [0.05, 0.1) is 11.9 Å². The maximum atomic E-state index is 13.3. The molecule has 0 saturated carbocycles. The molecule has 4 rings (SSSR count). The summed E-state index contributed by atoms with van der Waals surface area (Å²) in [5.41, 5.74) is 4.24. The van der Waals surface area contributed by atoms with Crippen LogP contribution in [0.15, 0.2) is 42.5 Å². The standard InChI is InChI=1S/C23H24ClN3O2/c1-15-3-8-21-20(13-15)19(14-22(28)26-11-9-25-10-12-26)16(2)27(21)23(29)17-4-6-18(24)7-5-17/h3-8,13,25H,9-12,14H2,1-2H3. The number of aryl methyl sites for hydroxylation is 1. The van der Waals surface area contributed by atoms with Crippen molar-refractivity contribution in [3.05, 3.63) is 69.9 Å². The zero-order valence-corrected chi connectivity index (χ0v) is 17.4. The first-order chi connectivity index (χ1) is 14.0. The van der Waals surface area contributed by atoms with Crippen LogP contribution in [0.1, 0.15) is 27.2 Å². The first-order valence-corrected chi connectivity index (χ1v) is 10.2. The van der Waals surface area contributed by atoms with Crippen LogP contribution in [0.3, 0.4) is 0 Å². The summed E-state index contributed by atoms with van der Waals surface area (Å²) >= 11 is 5.98. The average molecular weight is 410 g/mol. The number of carbonyl (C=O) groups is 2. The number of aromatic nitrogens is 1. The highest BCUT2D eigenvalue weighted by atomic mass is 35.5. The van der Waals surface area contributed by atoms with E-state index in [0.717, 1.165) is 53.9 Å². The lowest BCUT2D eigenvalue weighted by atomic mass is 10.0. The van der Waals surface area contributed by atoms with E-state index in [9.17, 15) is 9.59 Å². The van der Waals surface area contributed by atoms with Crippen molar-refractivity contribution in [2.75, 3.05) is 26.2 Å². The van der Waals surface area contributed by atoms with E-state index in [0.29, 0.717) is 17.0 Å². The lowest BCUT2D eigenvalue weighted by molar-refractivity contribution is -0.131. The normalized spacial score (nSPS) is 14.4. The summed E-state index contributed by atoms with van der Waals surface area (Å²) in [5, 5.41) is 4.83. The Morgan fingerprint density at radius 2 is 1.72 bits per heavy atom. The molecule has 0 unspecified atom stereocenters. The third kappa shape index (κ3) is 3.80. The number of nitrogens with zero attached hydrogens (tertiary/aromatic N) is 2. The summed E-state index contributed by atoms with van der Waals surface area (Å²) in [6.07, 6.45) is 0.298. The van der Waals surface area contributed by atoms with Gasteiger partial charge in [0.2, 0.25) is 5.91 Å². The topological polar surface area (TPSA) is 54.3 Å². The number of hydrogen-bond acceptors (Lipinski definition) is 3. The molecule has 1 aromatic heterocycles. The number of hydrogen-bond donors (Lipinski definition) is 1. The molecule has 1 N–H and O–H groups in total. The zero-order chi connectivity index (χ0) is 20.5. The zero-order valence-electron chi connectivity index (χ0n) is 16.7. The van der Waals surface area contributed by atoms with Crippen molar-refractivity contribution in [3.8, 4) is 0 Å². The van der Waals surface area contributed by atoms with Crippen LogP contribution in [-0.2, 0) is 11.2 Å². The molecule has 0 spiro atoms. The summed E-state index contributed by atoms with van der Waals surface area (Å²) in [5.74, 6) is -0.0111. The molecule has 1 saturated heterocycles. The van der Waals surface area contributed by atoms with Crippen molar-refractivity contribution in [1.29, 1.82) is 0 Å². The fourth-order valence-corrected chi connectivity index (χ4v) is 4.11.